The van der Waals surface area contributed by atoms with Crippen LogP contribution in [0, 0.1) is 5.82 Å². The first-order chi connectivity index (χ1) is 7.63. The lowest BCUT2D eigenvalue weighted by Crippen LogP contribution is -2.19. The lowest BCUT2D eigenvalue weighted by Gasteiger charge is -2.09. The lowest BCUT2D eigenvalue weighted by atomic mass is 10.0. The van der Waals surface area contributed by atoms with Crippen molar-refractivity contribution in [2.75, 3.05) is 0 Å². The number of hydrogen-bond donors (Lipinski definition) is 1. The van der Waals surface area contributed by atoms with Crippen LogP contribution >= 0.6 is 15.9 Å². The lowest BCUT2D eigenvalue weighted by molar-refractivity contribution is 0.539. The van der Waals surface area contributed by atoms with E-state index in [2.05, 4.69) is 22.9 Å². The second-order valence-corrected chi connectivity index (χ2v) is 5.04. The molecule has 90 valence electrons. The number of hydrogen-bond acceptors (Lipinski definition) is 1. The molecular weight excluding hydrogens is 269 g/mol. The Morgan fingerprint density at radius 1 is 1.38 bits per heavy atom. The first kappa shape index (κ1) is 13.7. The fraction of sp³-hybridized carbons (Fsp3) is 0.538. The van der Waals surface area contributed by atoms with Crippen molar-refractivity contribution in [3.05, 3.63) is 34.1 Å². The van der Waals surface area contributed by atoms with E-state index < -0.39 is 0 Å². The first-order valence-corrected chi connectivity index (χ1v) is 6.62. The zero-order valence-electron chi connectivity index (χ0n) is 9.68. The van der Waals surface area contributed by atoms with Gasteiger partial charge in [-0.25, -0.2) is 4.39 Å². The van der Waals surface area contributed by atoms with Crippen molar-refractivity contribution < 1.29 is 4.39 Å². The summed E-state index contributed by atoms with van der Waals surface area (Å²) in [7, 11) is 0. The molecule has 0 fully saturated rings. The number of rotatable bonds is 6. The molecule has 0 amide bonds. The largest absolute Gasteiger partial charge is 0.328 e. The minimum absolute atomic E-state index is 0.202. The van der Waals surface area contributed by atoms with Gasteiger partial charge < -0.3 is 5.73 Å². The van der Waals surface area contributed by atoms with Crippen molar-refractivity contribution in [2.24, 2.45) is 5.73 Å². The summed E-state index contributed by atoms with van der Waals surface area (Å²) in [5.41, 5.74) is 7.10. The highest BCUT2D eigenvalue weighted by Crippen LogP contribution is 2.18. The fourth-order valence-corrected chi connectivity index (χ4v) is 2.20. The summed E-state index contributed by atoms with van der Waals surface area (Å²) in [4.78, 5) is 0. The summed E-state index contributed by atoms with van der Waals surface area (Å²) in [6, 6.07) is 5.51. The third-order valence-corrected chi connectivity index (χ3v) is 3.29. The van der Waals surface area contributed by atoms with Crippen LogP contribution in [0.4, 0.5) is 4.39 Å². The maximum atomic E-state index is 13.0. The molecule has 0 aliphatic rings. The first-order valence-electron chi connectivity index (χ1n) is 5.83. The maximum absolute atomic E-state index is 13.0. The van der Waals surface area contributed by atoms with Crippen LogP contribution in [0.3, 0.4) is 0 Å². The molecule has 1 aromatic carbocycles. The Bertz CT molecular complexity index is 328. The van der Waals surface area contributed by atoms with Crippen molar-refractivity contribution in [2.45, 2.75) is 45.1 Å². The molecule has 1 aromatic rings. The molecule has 0 aromatic heterocycles. The molecule has 0 saturated carbocycles. The van der Waals surface area contributed by atoms with E-state index in [-0.39, 0.29) is 5.82 Å². The summed E-state index contributed by atoms with van der Waals surface area (Å²) < 4.78 is 13.5. The van der Waals surface area contributed by atoms with E-state index in [0.717, 1.165) is 37.7 Å². The predicted octanol–water partition coefficient (Wildman–Crippen LogP) is 4.04. The summed E-state index contributed by atoms with van der Waals surface area (Å²) in [6.07, 6.45) is 5.31. The summed E-state index contributed by atoms with van der Waals surface area (Å²) in [6.45, 7) is 2.15. The highest BCUT2D eigenvalue weighted by atomic mass is 79.9. The Balaban J connectivity index is 2.34. The van der Waals surface area contributed by atoms with Gasteiger partial charge in [0.25, 0.3) is 0 Å². The summed E-state index contributed by atoms with van der Waals surface area (Å²) in [5, 5.41) is 0. The van der Waals surface area contributed by atoms with Gasteiger partial charge in [-0.2, -0.15) is 0 Å². The van der Waals surface area contributed by atoms with Gasteiger partial charge in [-0.15, -0.1) is 0 Å². The molecule has 0 radical (unpaired) electrons. The molecule has 3 heteroatoms. The smallest absolute Gasteiger partial charge is 0.137 e. The monoisotopic (exact) mass is 287 g/mol. The fourth-order valence-electron chi connectivity index (χ4n) is 1.78. The zero-order valence-corrected chi connectivity index (χ0v) is 11.3. The molecule has 1 atom stereocenters. The Labute approximate surface area is 105 Å². The van der Waals surface area contributed by atoms with Gasteiger partial charge in [-0.05, 0) is 59.3 Å². The van der Waals surface area contributed by atoms with Crippen molar-refractivity contribution in [3.8, 4) is 0 Å². The van der Waals surface area contributed by atoms with Gasteiger partial charge in [0.2, 0.25) is 0 Å². The van der Waals surface area contributed by atoms with E-state index in [1.807, 2.05) is 12.1 Å². The van der Waals surface area contributed by atoms with Crippen molar-refractivity contribution in [3.63, 3.8) is 0 Å². The Hall–Kier alpha value is -0.410. The molecule has 2 N–H and O–H groups in total. The standard InChI is InChI=1S/C13H19BrFN/c1-2-4-11(16)6-3-5-10-7-8-13(15)12(14)9-10/h7-9,11H,2-6,16H2,1H3. The third kappa shape index (κ3) is 4.62. The van der Waals surface area contributed by atoms with Crippen LogP contribution in [-0.2, 0) is 6.42 Å². The van der Waals surface area contributed by atoms with E-state index in [1.54, 1.807) is 0 Å². The van der Waals surface area contributed by atoms with Gasteiger partial charge in [-0.3, -0.25) is 0 Å². The van der Waals surface area contributed by atoms with Crippen molar-refractivity contribution in [1.82, 2.24) is 0 Å². The Kier molecular flexibility index (Phi) is 5.99. The van der Waals surface area contributed by atoms with Gasteiger partial charge in [-0.1, -0.05) is 19.4 Å². The van der Waals surface area contributed by atoms with Crippen LogP contribution in [0.1, 0.15) is 38.2 Å². The summed E-state index contributed by atoms with van der Waals surface area (Å²) >= 11 is 3.19. The van der Waals surface area contributed by atoms with Crippen LogP contribution in [0.25, 0.3) is 0 Å². The normalized spacial score (nSPS) is 12.8. The van der Waals surface area contributed by atoms with Gasteiger partial charge in [0, 0.05) is 6.04 Å². The van der Waals surface area contributed by atoms with Crippen molar-refractivity contribution in [1.29, 1.82) is 0 Å². The third-order valence-electron chi connectivity index (χ3n) is 2.68. The number of aryl methyl sites for hydroxylation is 1. The SMILES string of the molecule is CCCC(N)CCCc1ccc(F)c(Br)c1. The number of halogens is 2. The molecular formula is C13H19BrFN. The van der Waals surface area contributed by atoms with Crippen LogP contribution in [0.2, 0.25) is 0 Å². The second-order valence-electron chi connectivity index (χ2n) is 4.19. The Morgan fingerprint density at radius 3 is 2.75 bits per heavy atom. The van der Waals surface area contributed by atoms with Crippen LogP contribution in [-0.4, -0.2) is 6.04 Å². The number of nitrogens with two attached hydrogens (primary N) is 1. The summed E-state index contributed by atoms with van der Waals surface area (Å²) in [5.74, 6) is -0.202. The maximum Gasteiger partial charge on any atom is 0.137 e. The molecule has 1 rings (SSSR count). The molecule has 0 aliphatic carbocycles. The highest BCUT2D eigenvalue weighted by Gasteiger charge is 2.03. The minimum Gasteiger partial charge on any atom is -0.328 e. The highest BCUT2D eigenvalue weighted by molar-refractivity contribution is 9.10. The molecule has 0 bridgehead atoms. The molecule has 1 nitrogen and oxygen atoms in total. The van der Waals surface area contributed by atoms with Gasteiger partial charge in [0.1, 0.15) is 5.82 Å². The molecule has 1 unspecified atom stereocenters. The van der Waals surface area contributed by atoms with E-state index in [4.69, 9.17) is 5.73 Å². The van der Waals surface area contributed by atoms with Crippen molar-refractivity contribution >= 4 is 15.9 Å². The molecule has 16 heavy (non-hydrogen) atoms. The van der Waals surface area contributed by atoms with Gasteiger partial charge in [0.15, 0.2) is 0 Å². The van der Waals surface area contributed by atoms with E-state index in [9.17, 15) is 4.39 Å². The molecule has 0 heterocycles. The second kappa shape index (κ2) is 7.02. The zero-order chi connectivity index (χ0) is 12.0. The van der Waals surface area contributed by atoms with Crippen LogP contribution < -0.4 is 5.73 Å². The van der Waals surface area contributed by atoms with Crippen LogP contribution in [0.15, 0.2) is 22.7 Å². The average Bonchev–Trinajstić information content (AvgIpc) is 2.24. The quantitative estimate of drug-likeness (QED) is 0.840. The number of benzene rings is 1. The van der Waals surface area contributed by atoms with E-state index in [1.165, 1.54) is 6.07 Å². The Morgan fingerprint density at radius 2 is 2.12 bits per heavy atom. The molecule has 0 spiro atoms. The van der Waals surface area contributed by atoms with E-state index in [0.29, 0.717) is 10.5 Å². The van der Waals surface area contributed by atoms with Gasteiger partial charge in [0.05, 0.1) is 4.47 Å². The van der Waals surface area contributed by atoms with Crippen LogP contribution in [0.5, 0.6) is 0 Å². The minimum atomic E-state index is -0.202. The topological polar surface area (TPSA) is 26.0 Å². The van der Waals surface area contributed by atoms with Gasteiger partial charge >= 0.3 is 0 Å². The average molecular weight is 288 g/mol. The molecule has 0 aliphatic heterocycles. The van der Waals surface area contributed by atoms with E-state index >= 15 is 0 Å². The molecule has 0 saturated heterocycles. The predicted molar refractivity (Wildman–Crippen MR) is 69.9 cm³/mol.